The normalized spacial score (nSPS) is 15.5. The van der Waals surface area contributed by atoms with E-state index < -0.39 is 11.9 Å². The smallest absolute Gasteiger partial charge is 0.296 e. The lowest BCUT2D eigenvalue weighted by atomic mass is 9.93. The number of nitrogens with zero attached hydrogens (tertiary/aromatic N) is 2. The first kappa shape index (κ1) is 19.8. The molecule has 1 atom stereocenters. The average molecular weight is 457 g/mol. The van der Waals surface area contributed by atoms with Gasteiger partial charge in [-0.05, 0) is 47.9 Å². The zero-order valence-electron chi connectivity index (χ0n) is 17.8. The number of hydrogen-bond acceptors (Lipinski definition) is 5. The summed E-state index contributed by atoms with van der Waals surface area (Å²) in [6.07, 6.45) is 0. The summed E-state index contributed by atoms with van der Waals surface area (Å²) >= 11 is 6.32. The van der Waals surface area contributed by atoms with E-state index >= 15 is 0 Å². The van der Waals surface area contributed by atoms with E-state index in [2.05, 4.69) is 5.16 Å². The molecule has 0 aliphatic carbocycles. The lowest BCUT2D eigenvalue weighted by molar-refractivity contribution is 0.0969. The molecule has 1 aliphatic rings. The maximum atomic E-state index is 13.8. The van der Waals surface area contributed by atoms with E-state index in [9.17, 15) is 9.59 Å². The highest BCUT2D eigenvalue weighted by atomic mass is 35.5. The van der Waals surface area contributed by atoms with Gasteiger partial charge in [0, 0.05) is 11.1 Å². The van der Waals surface area contributed by atoms with Gasteiger partial charge in [-0.2, -0.15) is 0 Å². The summed E-state index contributed by atoms with van der Waals surface area (Å²) in [6.45, 7) is 3.57. The number of amides is 1. The standard InChI is InChI=1S/C26H17ClN2O4/c1-13-10-20-18(12-19(13)27)24(30)22-23(17-9-5-7-15-6-3-4-8-16(15)17)29(26(31)25(22)32-20)21-11-14(2)33-28-21/h3-12,23H,1-2H3. The van der Waals surface area contributed by atoms with Crippen LogP contribution in [0.25, 0.3) is 21.7 Å². The van der Waals surface area contributed by atoms with Crippen molar-refractivity contribution in [1.29, 1.82) is 0 Å². The summed E-state index contributed by atoms with van der Waals surface area (Å²) in [6, 6.07) is 17.9. The van der Waals surface area contributed by atoms with Crippen LogP contribution in [0, 0.1) is 13.8 Å². The summed E-state index contributed by atoms with van der Waals surface area (Å²) in [7, 11) is 0. The zero-order chi connectivity index (χ0) is 22.9. The number of rotatable bonds is 2. The second-order valence-corrected chi connectivity index (χ2v) is 8.62. The predicted octanol–water partition coefficient (Wildman–Crippen LogP) is 5.95. The maximum Gasteiger partial charge on any atom is 0.296 e. The Balaban J connectivity index is 1.72. The molecule has 0 bridgehead atoms. The molecule has 0 saturated heterocycles. The number of aromatic nitrogens is 1. The molecule has 7 heteroatoms. The molecule has 6 rings (SSSR count). The molecule has 6 nitrogen and oxygen atoms in total. The number of anilines is 1. The van der Waals surface area contributed by atoms with Gasteiger partial charge in [-0.1, -0.05) is 59.2 Å². The third-order valence-corrected chi connectivity index (χ3v) is 6.54. The Hall–Kier alpha value is -3.90. The molecule has 162 valence electrons. The Labute approximate surface area is 193 Å². The van der Waals surface area contributed by atoms with Crippen molar-refractivity contribution in [3.05, 3.63) is 104 Å². The van der Waals surface area contributed by atoms with Crippen LogP contribution in [0.1, 0.15) is 39.0 Å². The van der Waals surface area contributed by atoms with Crippen LogP contribution < -0.4 is 10.3 Å². The van der Waals surface area contributed by atoms with Crippen LogP contribution in [0.15, 0.2) is 74.4 Å². The van der Waals surface area contributed by atoms with Crippen LogP contribution >= 0.6 is 11.6 Å². The number of carbonyl (C=O) groups excluding carboxylic acids is 1. The summed E-state index contributed by atoms with van der Waals surface area (Å²) in [4.78, 5) is 28.9. The maximum absolute atomic E-state index is 13.8. The van der Waals surface area contributed by atoms with E-state index in [0.29, 0.717) is 27.6 Å². The van der Waals surface area contributed by atoms with Gasteiger partial charge in [0.25, 0.3) is 5.91 Å². The molecular weight excluding hydrogens is 440 g/mol. The van der Waals surface area contributed by atoms with E-state index in [1.54, 1.807) is 25.1 Å². The minimum Gasteiger partial charge on any atom is -0.450 e. The molecule has 2 aromatic heterocycles. The summed E-state index contributed by atoms with van der Waals surface area (Å²) in [5.74, 6) is 0.437. The van der Waals surface area contributed by atoms with Crippen LogP contribution in [0.3, 0.4) is 0 Å². The Bertz CT molecular complexity index is 1660. The van der Waals surface area contributed by atoms with Crippen molar-refractivity contribution < 1.29 is 13.7 Å². The first-order chi connectivity index (χ1) is 15.9. The van der Waals surface area contributed by atoms with Gasteiger partial charge in [-0.25, -0.2) is 0 Å². The first-order valence-electron chi connectivity index (χ1n) is 10.5. The summed E-state index contributed by atoms with van der Waals surface area (Å²) < 4.78 is 11.3. The van der Waals surface area contributed by atoms with Crippen molar-refractivity contribution >= 4 is 45.1 Å². The second-order valence-electron chi connectivity index (χ2n) is 8.21. The second kappa shape index (κ2) is 7.05. The molecule has 0 radical (unpaired) electrons. The number of carbonyl (C=O) groups is 1. The van der Waals surface area contributed by atoms with Gasteiger partial charge < -0.3 is 8.94 Å². The van der Waals surface area contributed by atoms with E-state index in [1.807, 2.05) is 49.4 Å². The van der Waals surface area contributed by atoms with Crippen molar-refractivity contribution in [2.45, 2.75) is 19.9 Å². The lowest BCUT2D eigenvalue weighted by Crippen LogP contribution is -2.29. The molecule has 0 spiro atoms. The highest BCUT2D eigenvalue weighted by Crippen LogP contribution is 2.43. The fourth-order valence-corrected chi connectivity index (χ4v) is 4.74. The van der Waals surface area contributed by atoms with Gasteiger partial charge >= 0.3 is 0 Å². The van der Waals surface area contributed by atoms with E-state index in [4.69, 9.17) is 20.5 Å². The van der Waals surface area contributed by atoms with Crippen molar-refractivity contribution in [2.75, 3.05) is 4.90 Å². The minimum absolute atomic E-state index is 0.00723. The van der Waals surface area contributed by atoms with Gasteiger partial charge in [-0.15, -0.1) is 0 Å². The van der Waals surface area contributed by atoms with Gasteiger partial charge in [-0.3, -0.25) is 14.5 Å². The SMILES string of the molecule is Cc1cc(N2C(=O)c3oc4cc(C)c(Cl)cc4c(=O)c3C2c2cccc3ccccc23)no1. The minimum atomic E-state index is -0.733. The van der Waals surface area contributed by atoms with Crippen molar-refractivity contribution in [3.63, 3.8) is 0 Å². The molecule has 5 aromatic rings. The molecule has 0 N–H and O–H groups in total. The van der Waals surface area contributed by atoms with Gasteiger partial charge in [0.15, 0.2) is 11.2 Å². The third-order valence-electron chi connectivity index (χ3n) is 6.13. The van der Waals surface area contributed by atoms with Crippen molar-refractivity contribution in [1.82, 2.24) is 5.16 Å². The number of fused-ring (bicyclic) bond motifs is 3. The molecule has 1 aliphatic heterocycles. The number of halogens is 1. The van der Waals surface area contributed by atoms with Crippen molar-refractivity contribution in [3.8, 4) is 0 Å². The highest BCUT2D eigenvalue weighted by molar-refractivity contribution is 6.32. The lowest BCUT2D eigenvalue weighted by Gasteiger charge is -2.23. The molecule has 1 unspecified atom stereocenters. The topological polar surface area (TPSA) is 76.6 Å². The number of aryl methyl sites for hydroxylation is 2. The fourth-order valence-electron chi connectivity index (χ4n) is 4.58. The van der Waals surface area contributed by atoms with E-state index in [1.165, 1.54) is 4.90 Å². The third kappa shape index (κ3) is 2.84. The van der Waals surface area contributed by atoms with Crippen molar-refractivity contribution in [2.24, 2.45) is 0 Å². The Kier molecular flexibility index (Phi) is 4.22. The molecule has 0 saturated carbocycles. The van der Waals surface area contributed by atoms with Gasteiger partial charge in [0.2, 0.25) is 5.76 Å². The Morgan fingerprint density at radius 1 is 0.970 bits per heavy atom. The van der Waals surface area contributed by atoms with Crippen LogP contribution in [0.2, 0.25) is 5.02 Å². The molecule has 33 heavy (non-hydrogen) atoms. The summed E-state index contributed by atoms with van der Waals surface area (Å²) in [5.41, 5.74) is 1.86. The van der Waals surface area contributed by atoms with Crippen LogP contribution in [0.4, 0.5) is 5.82 Å². The molecule has 3 heterocycles. The number of hydrogen-bond donors (Lipinski definition) is 0. The molecule has 0 fully saturated rings. The Morgan fingerprint density at radius 2 is 1.76 bits per heavy atom. The fraction of sp³-hybridized carbons (Fsp3) is 0.115. The van der Waals surface area contributed by atoms with E-state index in [-0.39, 0.29) is 16.8 Å². The monoisotopic (exact) mass is 456 g/mol. The molecule has 3 aromatic carbocycles. The molecule has 1 amide bonds. The highest BCUT2D eigenvalue weighted by Gasteiger charge is 2.45. The average Bonchev–Trinajstić information content (AvgIpc) is 3.36. The van der Waals surface area contributed by atoms with E-state index in [0.717, 1.165) is 21.9 Å². The first-order valence-corrected chi connectivity index (χ1v) is 10.8. The number of benzene rings is 3. The van der Waals surface area contributed by atoms with Gasteiger partial charge in [0.05, 0.1) is 17.0 Å². The van der Waals surface area contributed by atoms with Crippen LogP contribution in [-0.4, -0.2) is 11.1 Å². The summed E-state index contributed by atoms with van der Waals surface area (Å²) in [5, 5.41) is 6.80. The largest absolute Gasteiger partial charge is 0.450 e. The predicted molar refractivity (Wildman–Crippen MR) is 126 cm³/mol. The van der Waals surface area contributed by atoms with Crippen LogP contribution in [0.5, 0.6) is 0 Å². The van der Waals surface area contributed by atoms with Gasteiger partial charge in [0.1, 0.15) is 11.3 Å². The zero-order valence-corrected chi connectivity index (χ0v) is 18.5. The quantitative estimate of drug-likeness (QED) is 0.328. The Morgan fingerprint density at radius 3 is 2.55 bits per heavy atom. The van der Waals surface area contributed by atoms with Crippen LogP contribution in [-0.2, 0) is 0 Å². The molecular formula is C26H17ClN2O4.